The van der Waals surface area contributed by atoms with E-state index >= 15 is 0 Å². The fourth-order valence-electron chi connectivity index (χ4n) is 3.08. The first-order chi connectivity index (χ1) is 12.0. The van der Waals surface area contributed by atoms with E-state index in [1.54, 1.807) is 11.0 Å². The third-order valence-corrected chi connectivity index (χ3v) is 4.94. The highest BCUT2D eigenvalue weighted by Crippen LogP contribution is 2.20. The molecule has 0 saturated carbocycles. The van der Waals surface area contributed by atoms with Crippen LogP contribution in [-0.4, -0.2) is 34.7 Å². The first-order valence-electron chi connectivity index (χ1n) is 8.38. The van der Waals surface area contributed by atoms with Gasteiger partial charge in [0.15, 0.2) is 0 Å². The smallest absolute Gasteiger partial charge is 0.242 e. The van der Waals surface area contributed by atoms with Crippen molar-refractivity contribution in [1.82, 2.24) is 9.80 Å². The van der Waals surface area contributed by atoms with E-state index in [9.17, 15) is 9.59 Å². The summed E-state index contributed by atoms with van der Waals surface area (Å²) in [7, 11) is 0. The minimum absolute atomic E-state index is 0.0308. The molecule has 0 radical (unpaired) electrons. The quantitative estimate of drug-likeness (QED) is 0.843. The Hall–Kier alpha value is -2.33. The van der Waals surface area contributed by atoms with Crippen LogP contribution in [-0.2, 0) is 29.1 Å². The summed E-state index contributed by atoms with van der Waals surface area (Å²) in [6, 6.07) is 15.6. The molecule has 4 nitrogen and oxygen atoms in total. The van der Waals surface area contributed by atoms with Crippen molar-refractivity contribution in [3.05, 3.63) is 70.2 Å². The highest BCUT2D eigenvalue weighted by Gasteiger charge is 2.23. The van der Waals surface area contributed by atoms with Crippen molar-refractivity contribution in [1.29, 1.82) is 0 Å². The second kappa shape index (κ2) is 7.70. The van der Waals surface area contributed by atoms with E-state index in [4.69, 9.17) is 11.6 Å². The molecule has 130 valence electrons. The predicted molar refractivity (Wildman–Crippen MR) is 98.1 cm³/mol. The molecule has 25 heavy (non-hydrogen) atoms. The molecule has 1 heterocycles. The van der Waals surface area contributed by atoms with Gasteiger partial charge in [0.05, 0.1) is 0 Å². The van der Waals surface area contributed by atoms with Gasteiger partial charge in [-0.15, -0.1) is 0 Å². The summed E-state index contributed by atoms with van der Waals surface area (Å²) < 4.78 is 0. The molecule has 0 atom stereocenters. The van der Waals surface area contributed by atoms with Crippen LogP contribution in [0.4, 0.5) is 0 Å². The molecule has 0 spiro atoms. The molecule has 0 N–H and O–H groups in total. The maximum atomic E-state index is 12.7. The fourth-order valence-corrected chi connectivity index (χ4v) is 3.28. The number of carbonyl (C=O) groups excluding carboxylic acids is 2. The van der Waals surface area contributed by atoms with Gasteiger partial charge in [0.25, 0.3) is 0 Å². The lowest BCUT2D eigenvalue weighted by molar-refractivity contribution is -0.140. The average molecular weight is 357 g/mol. The van der Waals surface area contributed by atoms with E-state index in [1.807, 2.05) is 35.2 Å². The zero-order valence-electron chi connectivity index (χ0n) is 14.2. The van der Waals surface area contributed by atoms with Crippen molar-refractivity contribution >= 4 is 23.4 Å². The average Bonchev–Trinajstić information content (AvgIpc) is 2.62. The van der Waals surface area contributed by atoms with Crippen molar-refractivity contribution in [2.24, 2.45) is 0 Å². The van der Waals surface area contributed by atoms with Crippen LogP contribution in [0.2, 0.25) is 5.02 Å². The summed E-state index contributed by atoms with van der Waals surface area (Å²) in [6.07, 6.45) is 0.854. The second-order valence-corrected chi connectivity index (χ2v) is 6.71. The molecule has 0 unspecified atom stereocenters. The Labute approximate surface area is 153 Å². The maximum Gasteiger partial charge on any atom is 0.242 e. The topological polar surface area (TPSA) is 40.6 Å². The van der Waals surface area contributed by atoms with Crippen LogP contribution in [0.5, 0.6) is 0 Å². The van der Waals surface area contributed by atoms with Gasteiger partial charge in [-0.05, 0) is 29.2 Å². The number of carbonyl (C=O) groups is 2. The summed E-state index contributed by atoms with van der Waals surface area (Å²) in [5, 5.41) is 0.605. The number of nitrogens with zero attached hydrogens (tertiary/aromatic N) is 2. The zero-order valence-corrected chi connectivity index (χ0v) is 15.0. The van der Waals surface area contributed by atoms with Gasteiger partial charge in [-0.1, -0.05) is 54.1 Å². The molecule has 1 aliphatic rings. The highest BCUT2D eigenvalue weighted by molar-refractivity contribution is 6.31. The Kier molecular flexibility index (Phi) is 5.39. The van der Waals surface area contributed by atoms with Crippen LogP contribution in [0.1, 0.15) is 23.6 Å². The molecule has 0 aliphatic carbocycles. The normalized spacial score (nSPS) is 13.3. The number of rotatable bonds is 4. The zero-order chi connectivity index (χ0) is 17.8. The standard InChI is InChI=1S/C20H21ClN2O2/c1-15(24)23(13-18-8-4-5-9-19(18)21)14-20(25)22-11-10-16-6-2-3-7-17(16)12-22/h2-9H,10-14H2,1H3. The Balaban J connectivity index is 1.67. The summed E-state index contributed by atoms with van der Waals surface area (Å²) in [4.78, 5) is 28.1. The monoisotopic (exact) mass is 356 g/mol. The number of hydrogen-bond acceptors (Lipinski definition) is 2. The van der Waals surface area contributed by atoms with Gasteiger partial charge in [-0.3, -0.25) is 9.59 Å². The third-order valence-electron chi connectivity index (χ3n) is 4.57. The SMILES string of the molecule is CC(=O)N(CC(=O)N1CCc2ccccc2C1)Cc1ccccc1Cl. The van der Waals surface area contributed by atoms with Gasteiger partial charge in [0.1, 0.15) is 6.54 Å². The van der Waals surface area contributed by atoms with Crippen molar-refractivity contribution in [2.45, 2.75) is 26.4 Å². The summed E-state index contributed by atoms with van der Waals surface area (Å²) in [5.41, 5.74) is 3.32. The van der Waals surface area contributed by atoms with E-state index in [0.29, 0.717) is 24.7 Å². The van der Waals surface area contributed by atoms with E-state index in [1.165, 1.54) is 18.1 Å². The van der Waals surface area contributed by atoms with Gasteiger partial charge in [0.2, 0.25) is 11.8 Å². The Morgan fingerprint density at radius 2 is 1.76 bits per heavy atom. The molecule has 0 saturated heterocycles. The molecule has 2 amide bonds. The molecule has 0 fully saturated rings. The number of amides is 2. The molecule has 2 aromatic rings. The number of halogens is 1. The van der Waals surface area contributed by atoms with Gasteiger partial charge in [-0.2, -0.15) is 0 Å². The predicted octanol–water partition coefficient (Wildman–Crippen LogP) is 3.27. The van der Waals surface area contributed by atoms with Gasteiger partial charge in [0, 0.05) is 31.6 Å². The largest absolute Gasteiger partial charge is 0.336 e. The molecule has 3 rings (SSSR count). The van der Waals surface area contributed by atoms with Crippen molar-refractivity contribution < 1.29 is 9.59 Å². The van der Waals surface area contributed by atoms with Crippen LogP contribution >= 0.6 is 11.6 Å². The summed E-state index contributed by atoms with van der Waals surface area (Å²) >= 11 is 6.18. The lowest BCUT2D eigenvalue weighted by Gasteiger charge is -2.31. The molecular formula is C20H21ClN2O2. The molecule has 0 bridgehead atoms. The first-order valence-corrected chi connectivity index (χ1v) is 8.76. The van der Waals surface area contributed by atoms with Crippen LogP contribution in [0.25, 0.3) is 0 Å². The van der Waals surface area contributed by atoms with Crippen LogP contribution in [0, 0.1) is 0 Å². The lowest BCUT2D eigenvalue weighted by Crippen LogP contribution is -2.43. The van der Waals surface area contributed by atoms with Gasteiger partial charge < -0.3 is 9.80 Å². The van der Waals surface area contributed by atoms with E-state index < -0.39 is 0 Å². The molecule has 0 aromatic heterocycles. The first kappa shape index (κ1) is 17.5. The second-order valence-electron chi connectivity index (χ2n) is 6.30. The number of benzene rings is 2. The Morgan fingerprint density at radius 3 is 2.48 bits per heavy atom. The summed E-state index contributed by atoms with van der Waals surface area (Å²) in [5.74, 6) is -0.164. The van der Waals surface area contributed by atoms with E-state index in [-0.39, 0.29) is 18.4 Å². The van der Waals surface area contributed by atoms with Crippen LogP contribution < -0.4 is 0 Å². The third kappa shape index (κ3) is 4.20. The number of hydrogen-bond donors (Lipinski definition) is 0. The van der Waals surface area contributed by atoms with Crippen LogP contribution in [0.3, 0.4) is 0 Å². The Bertz CT molecular complexity index is 791. The molecule has 1 aliphatic heterocycles. The van der Waals surface area contributed by atoms with E-state index in [2.05, 4.69) is 12.1 Å². The van der Waals surface area contributed by atoms with Crippen molar-refractivity contribution in [3.8, 4) is 0 Å². The minimum atomic E-state index is -0.134. The lowest BCUT2D eigenvalue weighted by atomic mass is 10.00. The fraction of sp³-hybridized carbons (Fsp3) is 0.300. The molecular weight excluding hydrogens is 336 g/mol. The molecule has 2 aromatic carbocycles. The van der Waals surface area contributed by atoms with E-state index in [0.717, 1.165) is 12.0 Å². The van der Waals surface area contributed by atoms with Gasteiger partial charge >= 0.3 is 0 Å². The Morgan fingerprint density at radius 1 is 1.08 bits per heavy atom. The van der Waals surface area contributed by atoms with Crippen molar-refractivity contribution in [3.63, 3.8) is 0 Å². The van der Waals surface area contributed by atoms with Gasteiger partial charge in [-0.25, -0.2) is 0 Å². The van der Waals surface area contributed by atoms with Crippen LogP contribution in [0.15, 0.2) is 48.5 Å². The number of fused-ring (bicyclic) bond motifs is 1. The van der Waals surface area contributed by atoms with Crippen molar-refractivity contribution in [2.75, 3.05) is 13.1 Å². The maximum absolute atomic E-state index is 12.7. The molecule has 5 heteroatoms. The highest BCUT2D eigenvalue weighted by atomic mass is 35.5. The summed E-state index contributed by atoms with van der Waals surface area (Å²) in [6.45, 7) is 3.18. The minimum Gasteiger partial charge on any atom is -0.336 e.